The molecule has 0 spiro atoms. The molecule has 0 atom stereocenters. The maximum atomic E-state index is 12.8. The molecular weight excluding hydrogens is 508 g/mol. The second-order valence-electron chi connectivity index (χ2n) is 8.66. The lowest BCUT2D eigenvalue weighted by Crippen LogP contribution is -2.16. The van der Waals surface area contributed by atoms with Gasteiger partial charge < -0.3 is 20.1 Å². The summed E-state index contributed by atoms with van der Waals surface area (Å²) in [5, 5.41) is 6.41. The highest BCUT2D eigenvalue weighted by molar-refractivity contribution is 8.00. The molecule has 0 aliphatic heterocycles. The van der Waals surface area contributed by atoms with Crippen LogP contribution in [0.4, 0.5) is 10.7 Å². The maximum Gasteiger partial charge on any atom is 0.341 e. The number of aryl methyl sites for hydroxylation is 1. The molecule has 0 radical (unpaired) electrons. The number of esters is 1. The highest BCUT2D eigenvalue weighted by Gasteiger charge is 2.25. The first-order chi connectivity index (χ1) is 18.0. The predicted molar refractivity (Wildman–Crippen MR) is 148 cm³/mol. The van der Waals surface area contributed by atoms with E-state index in [1.54, 1.807) is 37.4 Å². The summed E-state index contributed by atoms with van der Waals surface area (Å²) in [6.07, 6.45) is 6.19. The number of carbonyl (C=O) groups excluding carboxylic acids is 3. The summed E-state index contributed by atoms with van der Waals surface area (Å²) in [4.78, 5) is 40.1. The molecule has 2 amide bonds. The van der Waals surface area contributed by atoms with Gasteiger partial charge in [0.25, 0.3) is 5.91 Å². The molecule has 0 bridgehead atoms. The van der Waals surface area contributed by atoms with Crippen LogP contribution in [0.25, 0.3) is 0 Å². The average Bonchev–Trinajstić information content (AvgIpc) is 3.22. The second-order valence-corrected chi connectivity index (χ2v) is 10.8. The van der Waals surface area contributed by atoms with Gasteiger partial charge in [0.05, 0.1) is 25.5 Å². The third-order valence-electron chi connectivity index (χ3n) is 6.11. The molecule has 0 saturated heterocycles. The molecular formula is C28H30N2O5S2. The lowest BCUT2D eigenvalue weighted by Gasteiger charge is -2.11. The topological polar surface area (TPSA) is 93.7 Å². The van der Waals surface area contributed by atoms with E-state index in [1.165, 1.54) is 41.5 Å². The van der Waals surface area contributed by atoms with Crippen molar-refractivity contribution in [2.75, 3.05) is 30.6 Å². The Bertz CT molecular complexity index is 1290. The molecule has 9 heteroatoms. The number of benzene rings is 2. The molecule has 3 aromatic rings. The van der Waals surface area contributed by atoms with Crippen LogP contribution in [0.5, 0.6) is 5.75 Å². The van der Waals surface area contributed by atoms with Crippen LogP contribution in [-0.4, -0.2) is 37.8 Å². The van der Waals surface area contributed by atoms with Crippen molar-refractivity contribution < 1.29 is 23.9 Å². The number of rotatable bonds is 8. The highest BCUT2D eigenvalue weighted by Crippen LogP contribution is 2.37. The number of fused-ring (bicyclic) bond motifs is 1. The minimum Gasteiger partial charge on any atom is -0.497 e. The number of amides is 2. The molecule has 0 fully saturated rings. The van der Waals surface area contributed by atoms with Gasteiger partial charge in [-0.05, 0) is 67.6 Å². The molecule has 1 aromatic heterocycles. The van der Waals surface area contributed by atoms with Gasteiger partial charge in [-0.1, -0.05) is 25.0 Å². The van der Waals surface area contributed by atoms with Gasteiger partial charge in [-0.25, -0.2) is 4.79 Å². The van der Waals surface area contributed by atoms with Gasteiger partial charge in [0, 0.05) is 21.0 Å². The van der Waals surface area contributed by atoms with Crippen LogP contribution in [0, 0.1) is 0 Å². The van der Waals surface area contributed by atoms with E-state index in [2.05, 4.69) is 10.6 Å². The van der Waals surface area contributed by atoms with E-state index in [4.69, 9.17) is 9.47 Å². The van der Waals surface area contributed by atoms with Gasteiger partial charge in [0.1, 0.15) is 10.8 Å². The zero-order valence-electron chi connectivity index (χ0n) is 20.9. The van der Waals surface area contributed by atoms with Crippen LogP contribution in [0.15, 0.2) is 53.4 Å². The third-order valence-corrected chi connectivity index (χ3v) is 8.31. The van der Waals surface area contributed by atoms with Gasteiger partial charge >= 0.3 is 5.97 Å². The third kappa shape index (κ3) is 6.93. The number of thioether (sulfide) groups is 1. The number of carbonyl (C=O) groups is 3. The number of hydrogen-bond acceptors (Lipinski definition) is 7. The highest BCUT2D eigenvalue weighted by atomic mass is 32.2. The van der Waals surface area contributed by atoms with Gasteiger partial charge in [-0.15, -0.1) is 23.1 Å². The fourth-order valence-corrected chi connectivity index (χ4v) is 6.32. The average molecular weight is 539 g/mol. The van der Waals surface area contributed by atoms with E-state index in [0.717, 1.165) is 42.6 Å². The van der Waals surface area contributed by atoms with Crippen molar-refractivity contribution in [2.45, 2.75) is 43.4 Å². The smallest absolute Gasteiger partial charge is 0.341 e. The van der Waals surface area contributed by atoms with E-state index in [0.29, 0.717) is 27.6 Å². The molecule has 7 nitrogen and oxygen atoms in total. The largest absolute Gasteiger partial charge is 0.497 e. The molecule has 194 valence electrons. The molecule has 1 heterocycles. The summed E-state index contributed by atoms with van der Waals surface area (Å²) < 4.78 is 10.2. The maximum absolute atomic E-state index is 12.8. The van der Waals surface area contributed by atoms with E-state index in [9.17, 15) is 14.4 Å². The van der Waals surface area contributed by atoms with Crippen molar-refractivity contribution in [1.82, 2.24) is 0 Å². The van der Waals surface area contributed by atoms with Gasteiger partial charge in [-0.2, -0.15) is 0 Å². The number of anilines is 2. The monoisotopic (exact) mass is 538 g/mol. The Labute approximate surface area is 224 Å². The van der Waals surface area contributed by atoms with Crippen LogP contribution in [0.2, 0.25) is 0 Å². The van der Waals surface area contributed by atoms with Crippen molar-refractivity contribution in [3.63, 3.8) is 0 Å². The Hall–Kier alpha value is -3.30. The summed E-state index contributed by atoms with van der Waals surface area (Å²) in [7, 11) is 2.93. The first-order valence-electron chi connectivity index (χ1n) is 12.2. The van der Waals surface area contributed by atoms with Crippen LogP contribution >= 0.6 is 23.1 Å². The minimum absolute atomic E-state index is 0.163. The summed E-state index contributed by atoms with van der Waals surface area (Å²) in [6, 6.07) is 14.3. The molecule has 2 N–H and O–H groups in total. The number of nitrogens with one attached hydrogen (secondary N) is 2. The van der Waals surface area contributed by atoms with Gasteiger partial charge in [0.2, 0.25) is 5.91 Å². The molecule has 2 aromatic carbocycles. The van der Waals surface area contributed by atoms with E-state index in [1.807, 2.05) is 18.2 Å². The first kappa shape index (κ1) is 26.8. The van der Waals surface area contributed by atoms with Crippen molar-refractivity contribution in [3.8, 4) is 5.75 Å². The summed E-state index contributed by atoms with van der Waals surface area (Å²) in [5.74, 6) is -0.0784. The van der Waals surface area contributed by atoms with Crippen molar-refractivity contribution >= 4 is 51.6 Å². The summed E-state index contributed by atoms with van der Waals surface area (Å²) >= 11 is 2.85. The van der Waals surface area contributed by atoms with E-state index < -0.39 is 5.97 Å². The summed E-state index contributed by atoms with van der Waals surface area (Å²) in [5.41, 5.74) is 2.65. The number of hydrogen-bond donors (Lipinski definition) is 2. The SMILES string of the molecule is COC(=O)c1c(NC(=O)CSc2cccc(NC(=O)c3cccc(OC)c3)c2)sc2c1CCCCCC2. The Morgan fingerprint density at radius 2 is 1.73 bits per heavy atom. The second kappa shape index (κ2) is 12.8. The lowest BCUT2D eigenvalue weighted by molar-refractivity contribution is -0.113. The van der Waals surface area contributed by atoms with Crippen LogP contribution in [0.3, 0.4) is 0 Å². The molecule has 0 unspecified atom stereocenters. The predicted octanol–water partition coefficient (Wildman–Crippen LogP) is 6.19. The number of ether oxygens (including phenoxy) is 2. The standard InChI is InChI=1S/C28H30N2O5S2/c1-34-20-11-7-9-18(15-20)26(32)29-19-10-8-12-21(16-19)36-17-24(31)30-27-25(28(33)35-2)22-13-5-3-4-6-14-23(22)37-27/h7-12,15-16H,3-6,13-14,17H2,1-2H3,(H,29,32)(H,30,31). The summed E-state index contributed by atoms with van der Waals surface area (Å²) in [6.45, 7) is 0. The van der Waals surface area contributed by atoms with Gasteiger partial charge in [0.15, 0.2) is 0 Å². The molecule has 37 heavy (non-hydrogen) atoms. The van der Waals surface area contributed by atoms with E-state index >= 15 is 0 Å². The van der Waals surface area contributed by atoms with Crippen LogP contribution < -0.4 is 15.4 Å². The Kier molecular flexibility index (Phi) is 9.24. The number of methoxy groups -OCH3 is 2. The Morgan fingerprint density at radius 3 is 2.51 bits per heavy atom. The Balaban J connectivity index is 1.40. The normalized spacial score (nSPS) is 13.0. The molecule has 0 saturated carbocycles. The zero-order valence-corrected chi connectivity index (χ0v) is 22.6. The molecule has 1 aliphatic rings. The molecule has 4 rings (SSSR count). The van der Waals surface area contributed by atoms with Crippen molar-refractivity contribution in [2.24, 2.45) is 0 Å². The van der Waals surface area contributed by atoms with Crippen molar-refractivity contribution in [3.05, 3.63) is 70.1 Å². The minimum atomic E-state index is -0.402. The van der Waals surface area contributed by atoms with E-state index in [-0.39, 0.29) is 17.6 Å². The first-order valence-corrected chi connectivity index (χ1v) is 14.0. The molecule has 1 aliphatic carbocycles. The lowest BCUT2D eigenvalue weighted by atomic mass is 9.96. The van der Waals surface area contributed by atoms with Gasteiger partial charge in [-0.3, -0.25) is 9.59 Å². The van der Waals surface area contributed by atoms with Crippen LogP contribution in [0.1, 0.15) is 56.8 Å². The zero-order chi connectivity index (χ0) is 26.2. The fraction of sp³-hybridized carbons (Fsp3) is 0.321. The quantitative estimate of drug-likeness (QED) is 0.263. The Morgan fingerprint density at radius 1 is 0.946 bits per heavy atom. The number of thiophene rings is 1. The van der Waals surface area contributed by atoms with Crippen LogP contribution in [-0.2, 0) is 22.4 Å². The fourth-order valence-electron chi connectivity index (χ4n) is 4.27. The van der Waals surface area contributed by atoms with Crippen molar-refractivity contribution in [1.29, 1.82) is 0 Å².